The zero-order valence-corrected chi connectivity index (χ0v) is 16.4. The van der Waals surface area contributed by atoms with Crippen molar-refractivity contribution in [2.24, 2.45) is 0 Å². The quantitative estimate of drug-likeness (QED) is 0.337. The smallest absolute Gasteiger partial charge is 0.274 e. The number of hydrogen-bond donors (Lipinski definition) is 3. The van der Waals surface area contributed by atoms with Crippen LogP contribution in [0.4, 0.5) is 5.95 Å². The van der Waals surface area contributed by atoms with Gasteiger partial charge in [0.05, 0.1) is 16.6 Å². The molecule has 7 nitrogen and oxygen atoms in total. The number of fused-ring (bicyclic) bond motifs is 1. The van der Waals surface area contributed by atoms with E-state index in [1.165, 1.54) is 22.8 Å². The van der Waals surface area contributed by atoms with E-state index in [0.29, 0.717) is 34.1 Å². The summed E-state index contributed by atoms with van der Waals surface area (Å²) in [7, 11) is 0. The Kier molecular flexibility index (Phi) is 5.47. The molecule has 0 spiro atoms. The van der Waals surface area contributed by atoms with Gasteiger partial charge in [0.25, 0.3) is 11.5 Å². The highest BCUT2D eigenvalue weighted by Crippen LogP contribution is 2.19. The molecule has 8 heteroatoms. The summed E-state index contributed by atoms with van der Waals surface area (Å²) < 4.78 is 1.49. The second-order valence-electron chi connectivity index (χ2n) is 6.56. The van der Waals surface area contributed by atoms with Gasteiger partial charge in [-0.2, -0.15) is 0 Å². The first kappa shape index (κ1) is 19.6. The molecule has 0 saturated heterocycles. The van der Waals surface area contributed by atoms with Crippen LogP contribution < -0.4 is 16.4 Å². The molecular formula is C22H17ClN4O3. The third-order valence-corrected chi connectivity index (χ3v) is 4.86. The van der Waals surface area contributed by atoms with Crippen LogP contribution in [0.1, 0.15) is 15.9 Å². The van der Waals surface area contributed by atoms with E-state index in [-0.39, 0.29) is 11.1 Å². The summed E-state index contributed by atoms with van der Waals surface area (Å²) in [5, 5.41) is 13.1. The number of para-hydroxylation sites is 1. The van der Waals surface area contributed by atoms with Gasteiger partial charge in [-0.15, -0.1) is 0 Å². The largest absolute Gasteiger partial charge is 0.351 e. The summed E-state index contributed by atoms with van der Waals surface area (Å²) in [6, 6.07) is 21.0. The minimum atomic E-state index is -0.679. The van der Waals surface area contributed by atoms with Crippen LogP contribution in [0.25, 0.3) is 16.6 Å². The average molecular weight is 421 g/mol. The molecule has 0 aliphatic rings. The summed E-state index contributed by atoms with van der Waals surface area (Å²) >= 11 is 5.94. The van der Waals surface area contributed by atoms with E-state index in [0.717, 1.165) is 5.56 Å². The van der Waals surface area contributed by atoms with Crippen LogP contribution in [-0.4, -0.2) is 20.7 Å². The Morgan fingerprint density at radius 2 is 1.77 bits per heavy atom. The number of aromatic nitrogens is 2. The number of hydrogen-bond acceptors (Lipinski definition) is 5. The van der Waals surface area contributed by atoms with Crippen LogP contribution in [0, 0.1) is 0 Å². The fraction of sp³-hybridized carbons (Fsp3) is 0.0455. The van der Waals surface area contributed by atoms with Gasteiger partial charge in [0.2, 0.25) is 5.95 Å². The number of nitrogens with zero attached hydrogens (tertiary/aromatic N) is 2. The molecule has 0 unspecified atom stereocenters. The average Bonchev–Trinajstić information content (AvgIpc) is 2.78. The van der Waals surface area contributed by atoms with Crippen LogP contribution in [0.2, 0.25) is 5.02 Å². The summed E-state index contributed by atoms with van der Waals surface area (Å²) in [5.41, 5.74) is 3.46. The Bertz CT molecular complexity index is 1270. The van der Waals surface area contributed by atoms with E-state index in [1.807, 2.05) is 42.5 Å². The fourth-order valence-electron chi connectivity index (χ4n) is 3.11. The van der Waals surface area contributed by atoms with E-state index < -0.39 is 5.91 Å². The lowest BCUT2D eigenvalue weighted by atomic mass is 10.1. The standard InChI is InChI=1S/C22H17ClN4O3/c23-16-9-6-14(7-10-16)13-24-22-25-19-12-15(20(28)26-30)8-11-18(19)21(29)27(22)17-4-2-1-3-5-17/h1-12,30H,13H2,(H,24,25)(H,26,28). The number of hydroxylamine groups is 1. The third kappa shape index (κ3) is 3.89. The predicted octanol–water partition coefficient (Wildman–Crippen LogP) is 3.77. The van der Waals surface area contributed by atoms with E-state index in [2.05, 4.69) is 10.3 Å². The fourth-order valence-corrected chi connectivity index (χ4v) is 3.24. The third-order valence-electron chi connectivity index (χ3n) is 4.61. The van der Waals surface area contributed by atoms with Gasteiger partial charge in [0.15, 0.2) is 0 Å². The molecule has 3 N–H and O–H groups in total. The first-order valence-corrected chi connectivity index (χ1v) is 9.49. The Labute approximate surface area is 176 Å². The number of anilines is 1. The molecule has 150 valence electrons. The van der Waals surface area contributed by atoms with Gasteiger partial charge >= 0.3 is 0 Å². The zero-order chi connectivity index (χ0) is 21.1. The van der Waals surface area contributed by atoms with Crippen molar-refractivity contribution >= 4 is 34.4 Å². The Morgan fingerprint density at radius 1 is 1.03 bits per heavy atom. The lowest BCUT2D eigenvalue weighted by Gasteiger charge is -2.15. The zero-order valence-electron chi connectivity index (χ0n) is 15.7. The molecule has 0 saturated carbocycles. The van der Waals surface area contributed by atoms with Crippen LogP contribution in [0.15, 0.2) is 77.6 Å². The molecule has 0 radical (unpaired) electrons. The summed E-state index contributed by atoms with van der Waals surface area (Å²) in [5.74, 6) is -0.350. The number of amides is 1. The van der Waals surface area contributed by atoms with Gasteiger partial charge in [-0.1, -0.05) is 41.9 Å². The van der Waals surface area contributed by atoms with Gasteiger partial charge in [-0.3, -0.25) is 14.8 Å². The number of carbonyl (C=O) groups is 1. The van der Waals surface area contributed by atoms with Crippen LogP contribution >= 0.6 is 11.6 Å². The second kappa shape index (κ2) is 8.36. The van der Waals surface area contributed by atoms with Gasteiger partial charge in [-0.05, 0) is 48.0 Å². The number of rotatable bonds is 5. The highest BCUT2D eigenvalue weighted by molar-refractivity contribution is 6.30. The first-order chi connectivity index (χ1) is 14.6. The molecule has 0 atom stereocenters. The maximum atomic E-state index is 13.3. The number of halogens is 1. The molecule has 1 amide bonds. The summed E-state index contributed by atoms with van der Waals surface area (Å²) in [6.45, 7) is 0.415. The number of nitrogens with one attached hydrogen (secondary N) is 2. The molecule has 0 aliphatic carbocycles. The molecule has 4 aromatic rings. The van der Waals surface area contributed by atoms with Crippen LogP contribution in [0.5, 0.6) is 0 Å². The Hall–Kier alpha value is -3.68. The van der Waals surface area contributed by atoms with Crippen molar-refractivity contribution in [3.63, 3.8) is 0 Å². The lowest BCUT2D eigenvalue weighted by molar-refractivity contribution is 0.0706. The molecule has 3 aromatic carbocycles. The molecule has 4 rings (SSSR count). The molecule has 1 aromatic heterocycles. The number of benzene rings is 3. The van der Waals surface area contributed by atoms with Crippen LogP contribution in [-0.2, 0) is 6.54 Å². The normalized spacial score (nSPS) is 10.7. The van der Waals surface area contributed by atoms with Crippen molar-refractivity contribution in [1.29, 1.82) is 0 Å². The molecule has 30 heavy (non-hydrogen) atoms. The van der Waals surface area contributed by atoms with E-state index >= 15 is 0 Å². The first-order valence-electron chi connectivity index (χ1n) is 9.12. The molecule has 0 fully saturated rings. The van der Waals surface area contributed by atoms with Crippen molar-refractivity contribution in [2.75, 3.05) is 5.32 Å². The molecular weight excluding hydrogens is 404 g/mol. The molecule has 0 aliphatic heterocycles. The maximum absolute atomic E-state index is 13.3. The highest BCUT2D eigenvalue weighted by Gasteiger charge is 2.15. The van der Waals surface area contributed by atoms with E-state index in [4.69, 9.17) is 16.8 Å². The van der Waals surface area contributed by atoms with Crippen molar-refractivity contribution < 1.29 is 10.0 Å². The van der Waals surface area contributed by atoms with Crippen molar-refractivity contribution in [2.45, 2.75) is 6.54 Å². The second-order valence-corrected chi connectivity index (χ2v) is 7.00. The van der Waals surface area contributed by atoms with Gasteiger partial charge in [0, 0.05) is 17.1 Å². The van der Waals surface area contributed by atoms with Crippen LogP contribution in [0.3, 0.4) is 0 Å². The minimum absolute atomic E-state index is 0.193. The Morgan fingerprint density at radius 3 is 2.47 bits per heavy atom. The minimum Gasteiger partial charge on any atom is -0.351 e. The van der Waals surface area contributed by atoms with Gasteiger partial charge in [-0.25, -0.2) is 15.0 Å². The van der Waals surface area contributed by atoms with Gasteiger partial charge < -0.3 is 5.32 Å². The van der Waals surface area contributed by atoms with Crippen molar-refractivity contribution in [1.82, 2.24) is 15.0 Å². The predicted molar refractivity (Wildman–Crippen MR) is 115 cm³/mol. The Balaban J connectivity index is 1.84. The maximum Gasteiger partial charge on any atom is 0.274 e. The van der Waals surface area contributed by atoms with Crippen molar-refractivity contribution in [3.8, 4) is 5.69 Å². The molecule has 1 heterocycles. The lowest BCUT2D eigenvalue weighted by Crippen LogP contribution is -2.24. The van der Waals surface area contributed by atoms with E-state index in [9.17, 15) is 9.59 Å². The topological polar surface area (TPSA) is 96.3 Å². The van der Waals surface area contributed by atoms with Crippen molar-refractivity contribution in [3.05, 3.63) is 99.3 Å². The highest BCUT2D eigenvalue weighted by atomic mass is 35.5. The monoisotopic (exact) mass is 420 g/mol. The van der Waals surface area contributed by atoms with E-state index in [1.54, 1.807) is 17.6 Å². The van der Waals surface area contributed by atoms with Gasteiger partial charge in [0.1, 0.15) is 0 Å². The summed E-state index contributed by atoms with van der Waals surface area (Å²) in [6.07, 6.45) is 0. The number of carbonyl (C=O) groups excluding carboxylic acids is 1. The molecule has 0 bridgehead atoms. The summed E-state index contributed by atoms with van der Waals surface area (Å²) in [4.78, 5) is 29.6. The SMILES string of the molecule is O=C(NO)c1ccc2c(=O)n(-c3ccccc3)c(NCc3ccc(Cl)cc3)nc2c1.